The normalized spacial score (nSPS) is 15.6. The lowest BCUT2D eigenvalue weighted by Crippen LogP contribution is -2.28. The van der Waals surface area contributed by atoms with E-state index in [2.05, 4.69) is 23.9 Å². The van der Waals surface area contributed by atoms with Gasteiger partial charge >= 0.3 is 0 Å². The molecule has 0 aromatic carbocycles. The van der Waals surface area contributed by atoms with Crippen LogP contribution >= 0.6 is 11.8 Å². The number of carbonyl (C=O) groups is 1. The SMILES string of the molecule is CC(C)c1cc(CN(C)C(=O)CSCCN2CCCC2)no1. The third-order valence-corrected chi connectivity index (χ3v) is 4.87. The topological polar surface area (TPSA) is 49.6 Å². The average Bonchev–Trinajstić information content (AvgIpc) is 3.14. The summed E-state index contributed by atoms with van der Waals surface area (Å²) in [4.78, 5) is 16.3. The van der Waals surface area contributed by atoms with Gasteiger partial charge in [0.1, 0.15) is 11.5 Å². The van der Waals surface area contributed by atoms with Crippen molar-refractivity contribution >= 4 is 17.7 Å². The Morgan fingerprint density at radius 2 is 2.18 bits per heavy atom. The van der Waals surface area contributed by atoms with Crippen molar-refractivity contribution in [3.63, 3.8) is 0 Å². The van der Waals surface area contributed by atoms with E-state index in [4.69, 9.17) is 4.52 Å². The van der Waals surface area contributed by atoms with E-state index in [1.165, 1.54) is 25.9 Å². The summed E-state index contributed by atoms with van der Waals surface area (Å²) in [7, 11) is 1.83. The van der Waals surface area contributed by atoms with Crippen LogP contribution in [-0.4, -0.2) is 59.1 Å². The first kappa shape index (κ1) is 17.3. The van der Waals surface area contributed by atoms with Crippen LogP contribution in [0.1, 0.15) is 44.1 Å². The third kappa shape index (κ3) is 5.32. The second-order valence-electron chi connectivity index (χ2n) is 6.23. The highest BCUT2D eigenvalue weighted by Gasteiger charge is 2.14. The van der Waals surface area contributed by atoms with Gasteiger partial charge in [0, 0.05) is 31.3 Å². The molecule has 0 unspecified atom stereocenters. The number of hydrogen-bond donors (Lipinski definition) is 0. The summed E-state index contributed by atoms with van der Waals surface area (Å²) >= 11 is 1.72. The van der Waals surface area contributed by atoms with E-state index < -0.39 is 0 Å². The molecule has 1 aromatic rings. The Morgan fingerprint density at radius 1 is 1.45 bits per heavy atom. The number of hydrogen-bond acceptors (Lipinski definition) is 5. The number of rotatable bonds is 8. The summed E-state index contributed by atoms with van der Waals surface area (Å²) in [5.74, 6) is 2.92. The van der Waals surface area contributed by atoms with Crippen LogP contribution in [-0.2, 0) is 11.3 Å². The van der Waals surface area contributed by atoms with Crippen LogP contribution in [0.15, 0.2) is 10.6 Å². The summed E-state index contributed by atoms with van der Waals surface area (Å²) in [6.07, 6.45) is 2.64. The lowest BCUT2D eigenvalue weighted by molar-refractivity contribution is -0.127. The Bertz CT molecular complexity index is 470. The summed E-state index contributed by atoms with van der Waals surface area (Å²) in [5.41, 5.74) is 0.821. The van der Waals surface area contributed by atoms with Gasteiger partial charge in [0.15, 0.2) is 0 Å². The first-order valence-electron chi connectivity index (χ1n) is 8.06. The molecule has 1 fully saturated rings. The van der Waals surface area contributed by atoms with Gasteiger partial charge in [-0.3, -0.25) is 4.79 Å². The Labute approximate surface area is 137 Å². The fourth-order valence-corrected chi connectivity index (χ4v) is 3.40. The van der Waals surface area contributed by atoms with Gasteiger partial charge in [-0.25, -0.2) is 0 Å². The van der Waals surface area contributed by atoms with Crippen molar-refractivity contribution < 1.29 is 9.32 Å². The van der Waals surface area contributed by atoms with E-state index >= 15 is 0 Å². The van der Waals surface area contributed by atoms with Crippen molar-refractivity contribution in [2.75, 3.05) is 38.2 Å². The van der Waals surface area contributed by atoms with Gasteiger partial charge in [0.2, 0.25) is 5.91 Å². The second kappa shape index (κ2) is 8.58. The van der Waals surface area contributed by atoms with Gasteiger partial charge in [0.05, 0.1) is 12.3 Å². The van der Waals surface area contributed by atoms with Crippen molar-refractivity contribution in [1.29, 1.82) is 0 Å². The molecule has 6 heteroatoms. The quantitative estimate of drug-likeness (QED) is 0.688. The maximum absolute atomic E-state index is 12.1. The summed E-state index contributed by atoms with van der Waals surface area (Å²) < 4.78 is 5.26. The number of thioether (sulfide) groups is 1. The van der Waals surface area contributed by atoms with Gasteiger partial charge in [-0.1, -0.05) is 19.0 Å². The minimum atomic E-state index is 0.153. The van der Waals surface area contributed by atoms with E-state index in [0.29, 0.717) is 18.2 Å². The molecule has 1 aliphatic heterocycles. The third-order valence-electron chi connectivity index (χ3n) is 3.95. The summed E-state index contributed by atoms with van der Waals surface area (Å²) in [6.45, 7) is 8.19. The molecule has 0 aliphatic carbocycles. The fourth-order valence-electron chi connectivity index (χ4n) is 2.48. The lowest BCUT2D eigenvalue weighted by atomic mass is 10.1. The highest BCUT2D eigenvalue weighted by atomic mass is 32.2. The molecule has 22 heavy (non-hydrogen) atoms. The van der Waals surface area contributed by atoms with Crippen LogP contribution < -0.4 is 0 Å². The van der Waals surface area contributed by atoms with Gasteiger partial charge < -0.3 is 14.3 Å². The molecule has 1 saturated heterocycles. The van der Waals surface area contributed by atoms with Crippen molar-refractivity contribution in [1.82, 2.24) is 15.0 Å². The number of aromatic nitrogens is 1. The molecule has 0 bridgehead atoms. The standard InChI is InChI=1S/C16H27N3O2S/c1-13(2)15-10-14(17-21-15)11-18(3)16(20)12-22-9-8-19-6-4-5-7-19/h10,13H,4-9,11-12H2,1-3H3. The molecule has 2 heterocycles. The molecule has 2 rings (SSSR count). The maximum Gasteiger partial charge on any atom is 0.232 e. The second-order valence-corrected chi connectivity index (χ2v) is 7.33. The minimum absolute atomic E-state index is 0.153. The van der Waals surface area contributed by atoms with E-state index in [9.17, 15) is 4.79 Å². The molecule has 0 atom stereocenters. The molecule has 1 amide bonds. The highest BCUT2D eigenvalue weighted by Crippen LogP contribution is 2.16. The van der Waals surface area contributed by atoms with Crippen LogP contribution in [0, 0.1) is 0 Å². The Balaban J connectivity index is 1.65. The number of amides is 1. The minimum Gasteiger partial charge on any atom is -0.361 e. The van der Waals surface area contributed by atoms with Crippen molar-refractivity contribution in [3.8, 4) is 0 Å². The zero-order valence-corrected chi connectivity index (χ0v) is 14.7. The number of nitrogens with zero attached hydrogens (tertiary/aromatic N) is 3. The monoisotopic (exact) mass is 325 g/mol. The van der Waals surface area contributed by atoms with Crippen LogP contribution in [0.5, 0.6) is 0 Å². The smallest absolute Gasteiger partial charge is 0.232 e. The van der Waals surface area contributed by atoms with E-state index in [-0.39, 0.29) is 5.91 Å². The van der Waals surface area contributed by atoms with Crippen LogP contribution in [0.25, 0.3) is 0 Å². The molecule has 5 nitrogen and oxygen atoms in total. The van der Waals surface area contributed by atoms with Crippen molar-refractivity contribution in [3.05, 3.63) is 17.5 Å². The van der Waals surface area contributed by atoms with Gasteiger partial charge in [-0.15, -0.1) is 0 Å². The maximum atomic E-state index is 12.1. The van der Waals surface area contributed by atoms with Crippen LogP contribution in [0.4, 0.5) is 0 Å². The molecule has 1 aliphatic rings. The predicted octanol–water partition coefficient (Wildman–Crippen LogP) is 2.59. The van der Waals surface area contributed by atoms with E-state index in [1.54, 1.807) is 16.7 Å². The van der Waals surface area contributed by atoms with Crippen LogP contribution in [0.2, 0.25) is 0 Å². The van der Waals surface area contributed by atoms with E-state index in [1.807, 2.05) is 13.1 Å². The lowest BCUT2D eigenvalue weighted by Gasteiger charge is -2.16. The molecular formula is C16H27N3O2S. The predicted molar refractivity (Wildman–Crippen MR) is 90.1 cm³/mol. The Hall–Kier alpha value is -1.01. The largest absolute Gasteiger partial charge is 0.361 e. The summed E-state index contributed by atoms with van der Waals surface area (Å²) in [6, 6.07) is 1.94. The van der Waals surface area contributed by atoms with Gasteiger partial charge in [-0.05, 0) is 25.9 Å². The Morgan fingerprint density at radius 3 is 2.82 bits per heavy atom. The molecule has 0 radical (unpaired) electrons. The molecular weight excluding hydrogens is 298 g/mol. The molecule has 0 saturated carbocycles. The highest BCUT2D eigenvalue weighted by molar-refractivity contribution is 7.99. The zero-order valence-electron chi connectivity index (χ0n) is 13.9. The molecule has 0 spiro atoms. The van der Waals surface area contributed by atoms with Crippen LogP contribution in [0.3, 0.4) is 0 Å². The van der Waals surface area contributed by atoms with Gasteiger partial charge in [-0.2, -0.15) is 11.8 Å². The number of carbonyl (C=O) groups excluding carboxylic acids is 1. The van der Waals surface area contributed by atoms with Gasteiger partial charge in [0.25, 0.3) is 0 Å². The first-order chi connectivity index (χ1) is 10.6. The first-order valence-corrected chi connectivity index (χ1v) is 9.21. The summed E-state index contributed by atoms with van der Waals surface area (Å²) in [5, 5.41) is 4.03. The van der Waals surface area contributed by atoms with Crippen molar-refractivity contribution in [2.24, 2.45) is 0 Å². The zero-order chi connectivity index (χ0) is 15.9. The fraction of sp³-hybridized carbons (Fsp3) is 0.750. The molecule has 0 N–H and O–H groups in total. The van der Waals surface area contributed by atoms with E-state index in [0.717, 1.165) is 23.8 Å². The molecule has 1 aromatic heterocycles. The van der Waals surface area contributed by atoms with Crippen molar-refractivity contribution in [2.45, 2.75) is 39.2 Å². The average molecular weight is 325 g/mol. The molecule has 124 valence electrons. The number of likely N-dealkylation sites (tertiary alicyclic amines) is 1. The Kier molecular flexibility index (Phi) is 6.76.